The van der Waals surface area contributed by atoms with Gasteiger partial charge in [-0.05, 0) is 31.6 Å². The lowest BCUT2D eigenvalue weighted by molar-refractivity contribution is -0.240. The Morgan fingerprint density at radius 2 is 2.29 bits per heavy atom. The monoisotopic (exact) mass is 230 g/mol. The molecule has 0 N–H and O–H groups in total. The second-order valence-corrected chi connectivity index (χ2v) is 4.39. The van der Waals surface area contributed by atoms with Gasteiger partial charge in [0.1, 0.15) is 11.9 Å². The number of epoxide rings is 1. The van der Waals surface area contributed by atoms with Crippen molar-refractivity contribution in [3.05, 3.63) is 11.8 Å². The summed E-state index contributed by atoms with van der Waals surface area (Å²) in [5, 5.41) is 0. The van der Waals surface area contributed by atoms with Crippen molar-refractivity contribution < 1.29 is 14.2 Å². The Morgan fingerprint density at radius 3 is 3.06 bits per heavy atom. The van der Waals surface area contributed by atoms with Crippen LogP contribution in [-0.4, -0.2) is 24.6 Å². The summed E-state index contributed by atoms with van der Waals surface area (Å²) in [7, 11) is 0. The molecule has 0 aliphatic carbocycles. The number of allylic oxidation sites excluding steroid dienone is 1. The van der Waals surface area contributed by atoms with Crippen LogP contribution in [-0.2, 0) is 14.2 Å². The molecule has 3 heteroatoms. The Kier molecular flexibility index (Phi) is 2.59. The molecule has 0 aromatic heterocycles. The highest BCUT2D eigenvalue weighted by Crippen LogP contribution is 2.52. The van der Waals surface area contributed by atoms with Crippen molar-refractivity contribution in [2.24, 2.45) is 0 Å². The molecule has 17 heavy (non-hydrogen) atoms. The van der Waals surface area contributed by atoms with Gasteiger partial charge in [0.05, 0.1) is 6.61 Å². The van der Waals surface area contributed by atoms with E-state index in [0.29, 0.717) is 0 Å². The third-order valence-electron chi connectivity index (χ3n) is 3.24. The molecule has 1 spiro atoms. The molecule has 3 rings (SSSR count). The summed E-state index contributed by atoms with van der Waals surface area (Å²) in [6.45, 7) is 2.52. The van der Waals surface area contributed by atoms with E-state index < -0.39 is 5.79 Å². The minimum Gasteiger partial charge on any atom is -0.460 e. The molecule has 3 heterocycles. The molecule has 3 aliphatic heterocycles. The van der Waals surface area contributed by atoms with E-state index in [1.54, 1.807) is 13.0 Å². The molecule has 0 radical (unpaired) electrons. The van der Waals surface area contributed by atoms with Gasteiger partial charge in [0.15, 0.2) is 6.10 Å². The zero-order valence-electron chi connectivity index (χ0n) is 9.79. The van der Waals surface area contributed by atoms with E-state index in [1.807, 2.05) is 0 Å². The first kappa shape index (κ1) is 10.7. The van der Waals surface area contributed by atoms with Crippen LogP contribution in [0.3, 0.4) is 0 Å². The van der Waals surface area contributed by atoms with Gasteiger partial charge in [-0.15, -0.1) is 0 Å². The van der Waals surface area contributed by atoms with Crippen LogP contribution in [0.1, 0.15) is 26.2 Å². The highest BCUT2D eigenvalue weighted by molar-refractivity contribution is 5.34. The molecular formula is C14H14O3. The Labute approximate surface area is 101 Å². The average molecular weight is 230 g/mol. The minimum atomic E-state index is -0.521. The van der Waals surface area contributed by atoms with Crippen molar-refractivity contribution in [3.63, 3.8) is 0 Å². The van der Waals surface area contributed by atoms with Gasteiger partial charge >= 0.3 is 0 Å². The zero-order valence-corrected chi connectivity index (χ0v) is 9.79. The summed E-state index contributed by atoms with van der Waals surface area (Å²) in [6.07, 6.45) is 5.03. The van der Waals surface area contributed by atoms with Gasteiger partial charge < -0.3 is 14.2 Å². The molecule has 0 aromatic carbocycles. The van der Waals surface area contributed by atoms with Crippen molar-refractivity contribution in [2.75, 3.05) is 6.61 Å². The summed E-state index contributed by atoms with van der Waals surface area (Å²) in [5.41, 5.74) is 0. The quantitative estimate of drug-likeness (QED) is 0.468. The SMILES string of the molecule is CC#CC#CC=C1O[C@@]2(CCCCO2)[C@@H]2O[C@H]12. The molecule has 3 fully saturated rings. The zero-order chi connectivity index (χ0) is 11.7. The molecule has 3 atom stereocenters. The van der Waals surface area contributed by atoms with E-state index in [-0.39, 0.29) is 12.2 Å². The van der Waals surface area contributed by atoms with Crippen molar-refractivity contribution in [2.45, 2.75) is 44.2 Å². The second-order valence-electron chi connectivity index (χ2n) is 4.39. The van der Waals surface area contributed by atoms with Gasteiger partial charge in [0.2, 0.25) is 5.79 Å². The molecule has 3 saturated heterocycles. The normalized spacial score (nSPS) is 39.7. The summed E-state index contributed by atoms with van der Waals surface area (Å²) in [6, 6.07) is 0. The Bertz CT molecular complexity index is 463. The van der Waals surface area contributed by atoms with E-state index >= 15 is 0 Å². The summed E-state index contributed by atoms with van der Waals surface area (Å²) >= 11 is 0. The first-order valence-electron chi connectivity index (χ1n) is 5.96. The Morgan fingerprint density at radius 1 is 1.35 bits per heavy atom. The highest BCUT2D eigenvalue weighted by atomic mass is 16.8. The maximum absolute atomic E-state index is 5.90. The summed E-state index contributed by atoms with van der Waals surface area (Å²) in [5.74, 6) is 11.3. The van der Waals surface area contributed by atoms with Crippen molar-refractivity contribution >= 4 is 0 Å². The predicted octanol–water partition coefficient (Wildman–Crippen LogP) is 1.59. The Hall–Kier alpha value is -1.42. The lowest BCUT2D eigenvalue weighted by Crippen LogP contribution is -2.41. The molecule has 88 valence electrons. The van der Waals surface area contributed by atoms with Crippen LogP contribution in [0.2, 0.25) is 0 Å². The summed E-state index contributed by atoms with van der Waals surface area (Å²) in [4.78, 5) is 0. The van der Waals surface area contributed by atoms with Gasteiger partial charge in [-0.25, -0.2) is 0 Å². The second kappa shape index (κ2) is 4.11. The topological polar surface area (TPSA) is 31.0 Å². The fourth-order valence-electron chi connectivity index (χ4n) is 2.39. The number of hydrogen-bond donors (Lipinski definition) is 0. The fraction of sp³-hybridized carbons (Fsp3) is 0.571. The van der Waals surface area contributed by atoms with Crippen molar-refractivity contribution in [3.8, 4) is 23.7 Å². The molecule has 0 saturated carbocycles. The molecule has 0 aromatic rings. The third kappa shape index (κ3) is 1.82. The number of hydrogen-bond acceptors (Lipinski definition) is 3. The smallest absolute Gasteiger partial charge is 0.239 e. The van der Waals surface area contributed by atoms with E-state index in [1.165, 1.54) is 0 Å². The largest absolute Gasteiger partial charge is 0.460 e. The number of ether oxygens (including phenoxy) is 3. The molecule has 0 bridgehead atoms. The van der Waals surface area contributed by atoms with E-state index in [9.17, 15) is 0 Å². The van der Waals surface area contributed by atoms with Crippen LogP contribution in [0.25, 0.3) is 0 Å². The van der Waals surface area contributed by atoms with Crippen LogP contribution in [0.5, 0.6) is 0 Å². The van der Waals surface area contributed by atoms with Crippen molar-refractivity contribution in [1.82, 2.24) is 0 Å². The maximum Gasteiger partial charge on any atom is 0.239 e. The van der Waals surface area contributed by atoms with Gasteiger partial charge in [-0.2, -0.15) is 0 Å². The van der Waals surface area contributed by atoms with Gasteiger partial charge in [0, 0.05) is 12.5 Å². The van der Waals surface area contributed by atoms with Gasteiger partial charge in [-0.1, -0.05) is 11.8 Å². The molecule has 0 amide bonds. The van der Waals surface area contributed by atoms with Gasteiger partial charge in [0.25, 0.3) is 0 Å². The first-order valence-corrected chi connectivity index (χ1v) is 5.96. The fourth-order valence-corrected chi connectivity index (χ4v) is 2.39. The van der Waals surface area contributed by atoms with Crippen molar-refractivity contribution in [1.29, 1.82) is 0 Å². The maximum atomic E-state index is 5.90. The van der Waals surface area contributed by atoms with E-state index in [2.05, 4.69) is 23.7 Å². The standard InChI is InChI=1S/C14H14O3/c1-2-3-4-5-8-11-12-13(16-12)14(17-11)9-6-7-10-15-14/h8,12-13H,6-7,9-10H2,1H3/t12-,13-,14+/m1/s1. The molecular weight excluding hydrogens is 216 g/mol. The highest BCUT2D eigenvalue weighted by Gasteiger charge is 2.66. The number of fused-ring (bicyclic) bond motifs is 2. The van der Waals surface area contributed by atoms with Crippen LogP contribution >= 0.6 is 0 Å². The Balaban J connectivity index is 1.74. The predicted molar refractivity (Wildman–Crippen MR) is 61.6 cm³/mol. The lowest BCUT2D eigenvalue weighted by atomic mass is 10.0. The lowest BCUT2D eigenvalue weighted by Gasteiger charge is -2.33. The van der Waals surface area contributed by atoms with E-state index in [0.717, 1.165) is 31.6 Å². The molecule has 0 unspecified atom stereocenters. The van der Waals surface area contributed by atoms with Crippen LogP contribution in [0, 0.1) is 23.7 Å². The number of rotatable bonds is 0. The van der Waals surface area contributed by atoms with Crippen LogP contribution < -0.4 is 0 Å². The molecule has 3 nitrogen and oxygen atoms in total. The molecule has 3 aliphatic rings. The third-order valence-corrected chi connectivity index (χ3v) is 3.24. The summed E-state index contributed by atoms with van der Waals surface area (Å²) < 4.78 is 17.3. The first-order chi connectivity index (χ1) is 8.36. The van der Waals surface area contributed by atoms with Crippen LogP contribution in [0.4, 0.5) is 0 Å². The average Bonchev–Trinajstić information content (AvgIpc) is 3.10. The van der Waals surface area contributed by atoms with Gasteiger partial charge in [-0.3, -0.25) is 0 Å². The van der Waals surface area contributed by atoms with E-state index in [4.69, 9.17) is 14.2 Å². The van der Waals surface area contributed by atoms with Crippen LogP contribution in [0.15, 0.2) is 11.8 Å². The minimum absolute atomic E-state index is 0.0528.